The average molecular weight is 461 g/mol. The molecular formula is C24H27F3N2O2Si. The van der Waals surface area contributed by atoms with Crippen molar-refractivity contribution in [2.45, 2.75) is 45.2 Å². The van der Waals surface area contributed by atoms with E-state index in [1.165, 1.54) is 17.0 Å². The van der Waals surface area contributed by atoms with Crippen molar-refractivity contribution in [3.63, 3.8) is 0 Å². The van der Waals surface area contributed by atoms with Gasteiger partial charge < -0.3 is 4.74 Å². The second-order valence-corrected chi connectivity index (χ2v) is 14.4. The largest absolute Gasteiger partial charge is 0.447 e. The van der Waals surface area contributed by atoms with Crippen molar-refractivity contribution < 1.29 is 22.7 Å². The van der Waals surface area contributed by atoms with Crippen LogP contribution in [0.5, 0.6) is 0 Å². The van der Waals surface area contributed by atoms with Crippen molar-refractivity contribution >= 4 is 31.8 Å². The van der Waals surface area contributed by atoms with Gasteiger partial charge in [0.25, 0.3) is 0 Å². The van der Waals surface area contributed by atoms with Crippen LogP contribution in [0.25, 0.3) is 6.08 Å². The SMILES string of the molecule is CC1(C)COC(=O)N1C(=Nc1ccc(C(F)(F)F)cc1)/C(=C/c1ccccc1)[Si](C)(C)C. The quantitative estimate of drug-likeness (QED) is 0.282. The van der Waals surface area contributed by atoms with E-state index < -0.39 is 31.4 Å². The van der Waals surface area contributed by atoms with Gasteiger partial charge in [0, 0.05) is 0 Å². The molecule has 1 aliphatic rings. The van der Waals surface area contributed by atoms with Crippen LogP contribution in [0.1, 0.15) is 25.0 Å². The zero-order valence-electron chi connectivity index (χ0n) is 18.8. The predicted molar refractivity (Wildman–Crippen MR) is 124 cm³/mol. The number of rotatable bonds is 4. The van der Waals surface area contributed by atoms with Crippen LogP contribution in [0, 0.1) is 0 Å². The Morgan fingerprint density at radius 3 is 2.12 bits per heavy atom. The van der Waals surface area contributed by atoms with Crippen LogP contribution in [0.4, 0.5) is 23.7 Å². The minimum absolute atomic E-state index is 0.197. The number of hydrogen-bond donors (Lipinski definition) is 0. The predicted octanol–water partition coefficient (Wildman–Crippen LogP) is 6.93. The van der Waals surface area contributed by atoms with E-state index >= 15 is 0 Å². The first-order valence-electron chi connectivity index (χ1n) is 10.3. The Morgan fingerprint density at radius 1 is 1.06 bits per heavy atom. The Balaban J connectivity index is 2.21. The highest BCUT2D eigenvalue weighted by Crippen LogP contribution is 2.34. The summed E-state index contributed by atoms with van der Waals surface area (Å²) in [7, 11) is -2.09. The van der Waals surface area contributed by atoms with Crippen molar-refractivity contribution in [3.05, 3.63) is 70.9 Å². The lowest BCUT2D eigenvalue weighted by Crippen LogP contribution is -2.49. The van der Waals surface area contributed by atoms with Crippen molar-refractivity contribution in [1.29, 1.82) is 0 Å². The molecule has 0 spiro atoms. The third kappa shape index (κ3) is 5.30. The Kier molecular flexibility index (Phi) is 6.37. The van der Waals surface area contributed by atoms with Gasteiger partial charge in [-0.1, -0.05) is 56.0 Å². The molecule has 0 aliphatic carbocycles. The van der Waals surface area contributed by atoms with E-state index in [2.05, 4.69) is 19.6 Å². The molecule has 1 amide bonds. The van der Waals surface area contributed by atoms with Crippen LogP contribution >= 0.6 is 0 Å². The number of cyclic esters (lactones) is 1. The van der Waals surface area contributed by atoms with Gasteiger partial charge >= 0.3 is 12.3 Å². The summed E-state index contributed by atoms with van der Waals surface area (Å²) in [6, 6.07) is 14.3. The fraction of sp³-hybridized carbons (Fsp3) is 0.333. The van der Waals surface area contributed by atoms with Crippen LogP contribution in [0.3, 0.4) is 0 Å². The summed E-state index contributed by atoms with van der Waals surface area (Å²) < 4.78 is 44.3. The molecule has 0 aromatic heterocycles. The summed E-state index contributed by atoms with van der Waals surface area (Å²) in [6.45, 7) is 10.4. The van der Waals surface area contributed by atoms with E-state index in [1.807, 2.05) is 50.3 Å². The molecule has 4 nitrogen and oxygen atoms in total. The standard InChI is InChI=1S/C24H27F3N2O2Si/c1-23(2)16-31-22(30)29(23)21(28-19-13-11-18(12-14-19)24(25,26)27)20(32(3,4)5)15-17-9-7-6-8-10-17/h6-15H,16H2,1-5H3/b20-15-,28-21?. The minimum Gasteiger partial charge on any atom is -0.447 e. The van der Waals surface area contributed by atoms with E-state index in [-0.39, 0.29) is 6.61 Å². The first-order chi connectivity index (χ1) is 14.8. The smallest absolute Gasteiger partial charge is 0.416 e. The number of benzene rings is 2. The van der Waals surface area contributed by atoms with Crippen LogP contribution in [0.15, 0.2) is 64.8 Å². The third-order valence-corrected chi connectivity index (χ3v) is 7.12. The topological polar surface area (TPSA) is 41.9 Å². The average Bonchev–Trinajstić information content (AvgIpc) is 2.97. The number of carbonyl (C=O) groups is 1. The molecule has 1 heterocycles. The molecule has 0 bridgehead atoms. The third-order valence-electron chi connectivity index (χ3n) is 5.14. The number of amidine groups is 1. The molecule has 3 rings (SSSR count). The summed E-state index contributed by atoms with van der Waals surface area (Å²) in [5.41, 5.74) is -0.114. The molecule has 2 aromatic rings. The number of aliphatic imine (C=N–C) groups is 1. The number of ether oxygens (including phenoxy) is 1. The molecule has 1 aliphatic heterocycles. The lowest BCUT2D eigenvalue weighted by molar-refractivity contribution is -0.137. The maximum Gasteiger partial charge on any atom is 0.416 e. The zero-order valence-corrected chi connectivity index (χ0v) is 19.8. The van der Waals surface area contributed by atoms with Gasteiger partial charge in [0.1, 0.15) is 12.4 Å². The molecular weight excluding hydrogens is 433 g/mol. The maximum absolute atomic E-state index is 13.0. The van der Waals surface area contributed by atoms with Crippen LogP contribution in [-0.2, 0) is 10.9 Å². The van der Waals surface area contributed by atoms with Gasteiger partial charge in [-0.25, -0.2) is 9.79 Å². The van der Waals surface area contributed by atoms with Crippen LogP contribution in [0.2, 0.25) is 19.6 Å². The highest BCUT2D eigenvalue weighted by molar-refractivity contribution is 6.88. The molecule has 0 radical (unpaired) electrons. The molecule has 32 heavy (non-hydrogen) atoms. The second-order valence-electron chi connectivity index (χ2n) is 9.40. The van der Waals surface area contributed by atoms with Crippen molar-refractivity contribution in [1.82, 2.24) is 4.90 Å². The highest BCUT2D eigenvalue weighted by Gasteiger charge is 2.45. The minimum atomic E-state index is -4.43. The highest BCUT2D eigenvalue weighted by atomic mass is 28.3. The number of hydrogen-bond acceptors (Lipinski definition) is 3. The second kappa shape index (κ2) is 8.58. The molecule has 0 saturated carbocycles. The van der Waals surface area contributed by atoms with E-state index in [1.54, 1.807) is 0 Å². The first-order valence-corrected chi connectivity index (χ1v) is 13.8. The molecule has 1 saturated heterocycles. The number of alkyl halides is 3. The fourth-order valence-corrected chi connectivity index (χ4v) is 4.84. The normalized spacial score (nSPS) is 17.5. The van der Waals surface area contributed by atoms with Gasteiger partial charge in [0.2, 0.25) is 0 Å². The summed E-state index contributed by atoms with van der Waals surface area (Å²) in [5, 5.41) is 0.899. The van der Waals surface area contributed by atoms with Gasteiger partial charge in [-0.2, -0.15) is 13.2 Å². The molecule has 0 unspecified atom stereocenters. The fourth-order valence-electron chi connectivity index (χ4n) is 3.40. The Labute approximate surface area is 187 Å². The lowest BCUT2D eigenvalue weighted by Gasteiger charge is -2.33. The van der Waals surface area contributed by atoms with Gasteiger partial charge in [-0.05, 0) is 48.9 Å². The van der Waals surface area contributed by atoms with Crippen molar-refractivity contribution in [2.24, 2.45) is 4.99 Å². The van der Waals surface area contributed by atoms with E-state index in [0.717, 1.165) is 22.9 Å². The molecule has 8 heteroatoms. The molecule has 1 fully saturated rings. The van der Waals surface area contributed by atoms with Gasteiger partial charge in [-0.3, -0.25) is 4.90 Å². The Bertz CT molecular complexity index is 1040. The monoisotopic (exact) mass is 460 g/mol. The number of carbonyl (C=O) groups excluding carboxylic acids is 1. The summed E-state index contributed by atoms with van der Waals surface area (Å²) in [4.78, 5) is 19.0. The zero-order chi connectivity index (χ0) is 23.7. The first kappa shape index (κ1) is 23.8. The van der Waals surface area contributed by atoms with E-state index in [9.17, 15) is 18.0 Å². The number of halogens is 3. The molecule has 170 valence electrons. The van der Waals surface area contributed by atoms with Gasteiger partial charge in [0.15, 0.2) is 0 Å². The summed E-state index contributed by atoms with van der Waals surface area (Å²) >= 11 is 0. The number of nitrogens with zero attached hydrogens (tertiary/aromatic N) is 2. The molecule has 0 N–H and O–H groups in total. The van der Waals surface area contributed by atoms with Gasteiger partial charge in [0.05, 0.1) is 24.9 Å². The van der Waals surface area contributed by atoms with Crippen molar-refractivity contribution in [2.75, 3.05) is 6.61 Å². The maximum atomic E-state index is 13.0. The lowest BCUT2D eigenvalue weighted by atomic mass is 10.1. The van der Waals surface area contributed by atoms with E-state index in [0.29, 0.717) is 11.5 Å². The summed E-state index contributed by atoms with van der Waals surface area (Å²) in [5.74, 6) is 0.417. The molecule has 2 aromatic carbocycles. The number of amides is 1. The van der Waals surface area contributed by atoms with E-state index in [4.69, 9.17) is 9.73 Å². The summed E-state index contributed by atoms with van der Waals surface area (Å²) in [6.07, 6.45) is -2.93. The Morgan fingerprint density at radius 2 is 1.66 bits per heavy atom. The van der Waals surface area contributed by atoms with Crippen LogP contribution in [-0.4, -0.2) is 37.0 Å². The molecule has 0 atom stereocenters. The Hall–Kier alpha value is -2.87. The van der Waals surface area contributed by atoms with Crippen molar-refractivity contribution in [3.8, 4) is 0 Å². The van der Waals surface area contributed by atoms with Crippen LogP contribution < -0.4 is 0 Å². The van der Waals surface area contributed by atoms with Gasteiger partial charge in [-0.15, -0.1) is 0 Å².